The minimum absolute atomic E-state index is 0.0313. The second-order valence-corrected chi connectivity index (χ2v) is 6.99. The van der Waals surface area contributed by atoms with Crippen molar-refractivity contribution < 1.29 is 20.1 Å². The van der Waals surface area contributed by atoms with Gasteiger partial charge < -0.3 is 25.8 Å². The summed E-state index contributed by atoms with van der Waals surface area (Å²) >= 11 is 1.45. The molecule has 0 bridgehead atoms. The minimum atomic E-state index is -1.24. The molecule has 0 saturated carbocycles. The zero-order valence-corrected chi connectivity index (χ0v) is 14.0. The van der Waals surface area contributed by atoms with E-state index in [1.807, 2.05) is 6.92 Å². The van der Waals surface area contributed by atoms with Gasteiger partial charge in [0.15, 0.2) is 11.9 Å². The molecule has 5 N–H and O–H groups in total. The smallest absolute Gasteiger partial charge is 0.222 e. The molecule has 4 heterocycles. The van der Waals surface area contributed by atoms with E-state index in [0.29, 0.717) is 21.9 Å². The molecular weight excluding hydrogens is 348 g/mol. The number of hydrogen-bond donors (Lipinski definition) is 4. The summed E-state index contributed by atoms with van der Waals surface area (Å²) in [4.78, 5) is 18.1. The van der Waals surface area contributed by atoms with Crippen LogP contribution in [0.2, 0.25) is 0 Å². The van der Waals surface area contributed by atoms with E-state index < -0.39 is 31.1 Å². The van der Waals surface area contributed by atoms with Crippen LogP contribution >= 0.6 is 11.3 Å². The van der Waals surface area contributed by atoms with Crippen molar-refractivity contribution in [1.82, 2.24) is 24.5 Å². The number of nitrogens with two attached hydrogens (primary N) is 1. The Morgan fingerprint density at radius 2 is 2.08 bits per heavy atom. The number of fused-ring (bicyclic) bond motifs is 1. The van der Waals surface area contributed by atoms with Crippen molar-refractivity contribution in [3.63, 3.8) is 0 Å². The number of aliphatic hydroxyl groups excluding tert-OH is 3. The Morgan fingerprint density at radius 1 is 1.28 bits per heavy atom. The summed E-state index contributed by atoms with van der Waals surface area (Å²) in [6.07, 6.45) is -1.13. The lowest BCUT2D eigenvalue weighted by atomic mass is 10.1. The zero-order valence-electron chi connectivity index (χ0n) is 13.1. The van der Waals surface area contributed by atoms with E-state index in [0.717, 1.165) is 4.88 Å². The van der Waals surface area contributed by atoms with Crippen molar-refractivity contribution in [2.24, 2.45) is 0 Å². The van der Waals surface area contributed by atoms with Crippen molar-refractivity contribution >= 4 is 28.4 Å². The molecule has 1 aliphatic rings. The third kappa shape index (κ3) is 2.56. The number of anilines is 1. The van der Waals surface area contributed by atoms with Crippen molar-refractivity contribution in [3.8, 4) is 10.7 Å². The number of aryl methyl sites for hydroxylation is 1. The Balaban J connectivity index is 1.84. The van der Waals surface area contributed by atoms with Gasteiger partial charge in [0.2, 0.25) is 5.95 Å². The van der Waals surface area contributed by atoms with Crippen LogP contribution in [0.25, 0.3) is 21.9 Å². The normalized spacial score (nSPS) is 26.6. The van der Waals surface area contributed by atoms with Crippen molar-refractivity contribution in [2.45, 2.75) is 31.5 Å². The molecule has 3 aromatic heterocycles. The molecule has 0 unspecified atom stereocenters. The second kappa shape index (κ2) is 5.97. The number of rotatable bonds is 3. The summed E-state index contributed by atoms with van der Waals surface area (Å²) in [5, 5.41) is 30.1. The first-order valence-corrected chi connectivity index (χ1v) is 8.36. The molecule has 0 radical (unpaired) electrons. The van der Waals surface area contributed by atoms with E-state index in [1.165, 1.54) is 22.2 Å². The molecule has 0 spiro atoms. The maximum absolute atomic E-state index is 10.2. The van der Waals surface area contributed by atoms with E-state index in [-0.39, 0.29) is 5.95 Å². The molecule has 0 amide bonds. The van der Waals surface area contributed by atoms with Gasteiger partial charge in [0.25, 0.3) is 0 Å². The van der Waals surface area contributed by atoms with Crippen LogP contribution in [0.15, 0.2) is 12.5 Å². The van der Waals surface area contributed by atoms with Gasteiger partial charge in [0, 0.05) is 11.1 Å². The lowest BCUT2D eigenvalue weighted by Gasteiger charge is -2.16. The van der Waals surface area contributed by atoms with Gasteiger partial charge in [-0.2, -0.15) is 4.98 Å². The van der Waals surface area contributed by atoms with Gasteiger partial charge in [-0.1, -0.05) is 0 Å². The number of ether oxygens (including phenoxy) is 1. The minimum Gasteiger partial charge on any atom is -0.394 e. The molecule has 4 rings (SSSR count). The molecule has 25 heavy (non-hydrogen) atoms. The largest absolute Gasteiger partial charge is 0.394 e. The molecular formula is C14H16N6O4S. The van der Waals surface area contributed by atoms with Gasteiger partial charge in [-0.15, -0.1) is 11.3 Å². The monoisotopic (exact) mass is 364 g/mol. The van der Waals surface area contributed by atoms with E-state index in [4.69, 9.17) is 10.5 Å². The molecule has 10 nitrogen and oxygen atoms in total. The fourth-order valence-corrected chi connectivity index (χ4v) is 3.60. The third-order valence-electron chi connectivity index (χ3n) is 4.05. The molecule has 4 atom stereocenters. The topological polar surface area (TPSA) is 152 Å². The van der Waals surface area contributed by atoms with E-state index in [2.05, 4.69) is 19.9 Å². The summed E-state index contributed by atoms with van der Waals surface area (Å²) in [6, 6.07) is 0. The first-order valence-electron chi connectivity index (χ1n) is 7.55. The lowest BCUT2D eigenvalue weighted by molar-refractivity contribution is -0.0511. The number of imidazole rings is 1. The zero-order chi connectivity index (χ0) is 17.7. The Hall–Kier alpha value is -2.18. The maximum atomic E-state index is 10.2. The molecule has 0 aliphatic carbocycles. The maximum Gasteiger partial charge on any atom is 0.222 e. The van der Waals surface area contributed by atoms with Crippen LogP contribution in [0.5, 0.6) is 0 Å². The van der Waals surface area contributed by atoms with Crippen molar-refractivity contribution in [2.75, 3.05) is 12.3 Å². The molecule has 132 valence electrons. The first kappa shape index (κ1) is 16.3. The average molecular weight is 364 g/mol. The third-order valence-corrected chi connectivity index (χ3v) is 4.97. The lowest BCUT2D eigenvalue weighted by Crippen LogP contribution is -2.33. The second-order valence-electron chi connectivity index (χ2n) is 5.76. The summed E-state index contributed by atoms with van der Waals surface area (Å²) in [7, 11) is 0. The molecule has 1 aliphatic heterocycles. The molecule has 11 heteroatoms. The Labute approximate surface area is 145 Å². The highest BCUT2D eigenvalue weighted by Crippen LogP contribution is 2.34. The Kier molecular flexibility index (Phi) is 3.89. The number of nitrogen functional groups attached to an aromatic ring is 1. The highest BCUT2D eigenvalue weighted by molar-refractivity contribution is 7.15. The van der Waals surface area contributed by atoms with Gasteiger partial charge in [-0.3, -0.25) is 4.57 Å². The van der Waals surface area contributed by atoms with Gasteiger partial charge in [0.05, 0.1) is 12.9 Å². The standard InChI is InChI=1S/C14H16N6O4S/c1-5-2-16-12(25-5)8-7-11(19-14(15)18-8)20(4-17-7)13-10(23)9(22)6(3-21)24-13/h2,4,6,9-10,13,21-23H,3H2,1H3,(H2,15,18,19)/t6-,9-,10-,13+/m1/s1. The SMILES string of the molecule is Cc1cnc(-c2nc(N)nc3c2ncn3[C@H]2O[C@H](CO)[C@@H](O)[C@H]2O)s1. The van der Waals surface area contributed by atoms with Gasteiger partial charge in [-0.05, 0) is 6.92 Å². The Morgan fingerprint density at radius 3 is 2.72 bits per heavy atom. The summed E-state index contributed by atoms with van der Waals surface area (Å²) in [5.41, 5.74) is 7.14. The molecule has 0 aromatic carbocycles. The number of nitrogens with zero attached hydrogens (tertiary/aromatic N) is 5. The van der Waals surface area contributed by atoms with Gasteiger partial charge in [-0.25, -0.2) is 15.0 Å². The molecule has 1 fully saturated rings. The van der Waals surface area contributed by atoms with Gasteiger partial charge >= 0.3 is 0 Å². The van der Waals surface area contributed by atoms with E-state index >= 15 is 0 Å². The summed E-state index contributed by atoms with van der Waals surface area (Å²) in [5.74, 6) is 0.0313. The fraction of sp³-hybridized carbons (Fsp3) is 0.429. The highest BCUT2D eigenvalue weighted by atomic mass is 32.1. The molecule has 1 saturated heterocycles. The number of hydrogen-bond acceptors (Lipinski definition) is 10. The van der Waals surface area contributed by atoms with Crippen LogP contribution in [0.3, 0.4) is 0 Å². The average Bonchev–Trinajstić information content (AvgIpc) is 3.26. The van der Waals surface area contributed by atoms with Crippen molar-refractivity contribution in [1.29, 1.82) is 0 Å². The van der Waals surface area contributed by atoms with Gasteiger partial charge in [0.1, 0.15) is 34.5 Å². The summed E-state index contributed by atoms with van der Waals surface area (Å²) in [6.45, 7) is 1.52. The van der Waals surface area contributed by atoms with Crippen LogP contribution in [-0.2, 0) is 4.74 Å². The van der Waals surface area contributed by atoms with Crippen LogP contribution in [0, 0.1) is 6.92 Å². The predicted octanol–water partition coefficient (Wildman–Crippen LogP) is -0.548. The number of thiazole rings is 1. The highest BCUT2D eigenvalue weighted by Gasteiger charge is 2.44. The first-order chi connectivity index (χ1) is 12.0. The fourth-order valence-electron chi connectivity index (χ4n) is 2.84. The predicted molar refractivity (Wildman–Crippen MR) is 88.6 cm³/mol. The van der Waals surface area contributed by atoms with Crippen LogP contribution in [0.4, 0.5) is 5.95 Å². The quantitative estimate of drug-likeness (QED) is 0.479. The number of aliphatic hydroxyl groups is 3. The van der Waals surface area contributed by atoms with Crippen LogP contribution < -0.4 is 5.73 Å². The number of aromatic nitrogens is 5. The van der Waals surface area contributed by atoms with Crippen LogP contribution in [-0.4, -0.2) is 64.7 Å². The van der Waals surface area contributed by atoms with Crippen LogP contribution in [0.1, 0.15) is 11.1 Å². The summed E-state index contributed by atoms with van der Waals surface area (Å²) < 4.78 is 7.01. The van der Waals surface area contributed by atoms with Crippen molar-refractivity contribution in [3.05, 3.63) is 17.4 Å². The Bertz CT molecular complexity index is 927. The molecule has 3 aromatic rings. The van der Waals surface area contributed by atoms with E-state index in [9.17, 15) is 15.3 Å². The van der Waals surface area contributed by atoms with E-state index in [1.54, 1.807) is 6.20 Å².